The average Bonchev–Trinajstić information content (AvgIpc) is 4.06. The van der Waals surface area contributed by atoms with Crippen LogP contribution in [0.4, 0.5) is 17.1 Å². The van der Waals surface area contributed by atoms with Crippen LogP contribution in [0.3, 0.4) is 0 Å². The molecule has 0 spiro atoms. The lowest BCUT2D eigenvalue weighted by atomic mass is 9.86. The maximum Gasteiger partial charge on any atom is 0.0633 e. The molecule has 0 amide bonds. The summed E-state index contributed by atoms with van der Waals surface area (Å²) in [6.45, 7) is 5.29. The molecule has 1 atom stereocenters. The van der Waals surface area contributed by atoms with Gasteiger partial charge in [0.05, 0.1) is 16.9 Å². The number of rotatable bonds is 8. The number of anilines is 3. The van der Waals surface area contributed by atoms with Gasteiger partial charge in [-0.05, 0) is 181 Å². The number of hydrogen-bond acceptors (Lipinski definition) is 2. The number of fused-ring (bicyclic) bond motifs is 10. The third-order valence-electron chi connectivity index (χ3n) is 17.0. The monoisotopic (exact) mass is 1020 g/mol. The summed E-state index contributed by atoms with van der Waals surface area (Å²) < 4.78 is 2.45. The number of aromatic nitrogens is 2. The van der Waals surface area contributed by atoms with Crippen molar-refractivity contribution in [2.45, 2.75) is 64.8 Å². The zero-order chi connectivity index (χ0) is 53.0. The molecule has 6 aromatic carbocycles. The van der Waals surface area contributed by atoms with Crippen LogP contribution < -0.4 is 20.4 Å². The highest BCUT2D eigenvalue weighted by atomic mass is 15.2. The van der Waals surface area contributed by atoms with Gasteiger partial charge in [0.2, 0.25) is 0 Å². The number of benzene rings is 6. The summed E-state index contributed by atoms with van der Waals surface area (Å²) in [7, 11) is 0. The Morgan fingerprint density at radius 3 is 2.46 bits per heavy atom. The first-order valence-corrected chi connectivity index (χ1v) is 28.2. The van der Waals surface area contributed by atoms with Crippen molar-refractivity contribution in [2.75, 3.05) is 16.3 Å². The van der Waals surface area contributed by atoms with Crippen molar-refractivity contribution in [3.63, 3.8) is 0 Å². The average molecular weight is 1020 g/mol. The maximum absolute atomic E-state index is 6.09. The quantitative estimate of drug-likeness (QED) is 0.121. The van der Waals surface area contributed by atoms with E-state index in [1.807, 2.05) is 0 Å². The second kappa shape index (κ2) is 20.2. The van der Waals surface area contributed by atoms with E-state index in [1.54, 1.807) is 0 Å². The van der Waals surface area contributed by atoms with Crippen molar-refractivity contribution in [1.82, 2.24) is 9.55 Å². The van der Waals surface area contributed by atoms with Crippen LogP contribution in [0.15, 0.2) is 229 Å². The number of nitrogens with zero attached hydrogens (tertiary/aromatic N) is 3. The summed E-state index contributed by atoms with van der Waals surface area (Å²) in [6.07, 6.45) is 51.3. The molecule has 2 aromatic heterocycles. The van der Waals surface area contributed by atoms with Gasteiger partial charge in [-0.3, -0.25) is 0 Å². The van der Waals surface area contributed by atoms with E-state index in [2.05, 4.69) is 264 Å². The van der Waals surface area contributed by atoms with E-state index >= 15 is 0 Å². The van der Waals surface area contributed by atoms with Crippen molar-refractivity contribution in [3.05, 3.63) is 268 Å². The SMILES string of the molecule is C#CC/C=C(\C=C1\Cc2cc(C3=CCC4C(=C3)c3ccccc3N4c3ccccc3)ccc2N(/C2=C/C=C\CC=CC2)C1)c1ccc2[nH]c3ccc(-c4ccc5c(c4)c4c(n5C5=CCC(C)=CC=C5)=CCC=CC=4)cc3c2c1C. The lowest BCUT2D eigenvalue weighted by molar-refractivity contribution is 0.831. The number of hydrogen-bond donors (Lipinski definition) is 1. The molecule has 4 nitrogen and oxygen atoms in total. The van der Waals surface area contributed by atoms with Crippen LogP contribution in [0.2, 0.25) is 0 Å². The fourth-order valence-electron chi connectivity index (χ4n) is 13.2. The molecular weight excluding hydrogens is 957 g/mol. The minimum atomic E-state index is 0.260. The molecule has 0 saturated heterocycles. The van der Waals surface area contributed by atoms with Gasteiger partial charge in [0.1, 0.15) is 0 Å². The van der Waals surface area contributed by atoms with Gasteiger partial charge in [-0.1, -0.05) is 151 Å². The molecule has 14 rings (SSSR count). The molecule has 2 aliphatic heterocycles. The number of allylic oxidation sites excluding steroid dienone is 18. The molecule has 4 heteroatoms. The molecule has 0 bridgehead atoms. The Labute approximate surface area is 463 Å². The molecule has 382 valence electrons. The number of aromatic amines is 1. The minimum Gasteiger partial charge on any atom is -0.355 e. The van der Waals surface area contributed by atoms with E-state index in [0.717, 1.165) is 56.1 Å². The minimum absolute atomic E-state index is 0.260. The Hall–Kier alpha value is -9.30. The smallest absolute Gasteiger partial charge is 0.0633 e. The van der Waals surface area contributed by atoms with Crippen molar-refractivity contribution >= 4 is 84.3 Å². The molecule has 6 aliphatic rings. The number of aryl methyl sites for hydroxylation is 1. The Kier molecular flexibility index (Phi) is 12.3. The second-order valence-corrected chi connectivity index (χ2v) is 21.9. The van der Waals surface area contributed by atoms with Crippen LogP contribution in [0, 0.1) is 19.3 Å². The van der Waals surface area contributed by atoms with Crippen molar-refractivity contribution < 1.29 is 0 Å². The van der Waals surface area contributed by atoms with E-state index in [0.29, 0.717) is 6.42 Å². The topological polar surface area (TPSA) is 27.2 Å². The lowest BCUT2D eigenvalue weighted by Crippen LogP contribution is -2.30. The van der Waals surface area contributed by atoms with E-state index < -0.39 is 0 Å². The Morgan fingerprint density at radius 2 is 1.54 bits per heavy atom. The number of para-hydroxylation sites is 2. The number of nitrogens with one attached hydrogen (secondary N) is 1. The van der Waals surface area contributed by atoms with Gasteiger partial charge in [-0.2, -0.15) is 0 Å². The molecular formula is C75H62N4. The zero-order valence-electron chi connectivity index (χ0n) is 45.0. The first-order chi connectivity index (χ1) is 39.0. The summed E-state index contributed by atoms with van der Waals surface area (Å²) >= 11 is 0. The van der Waals surface area contributed by atoms with E-state index in [4.69, 9.17) is 6.42 Å². The highest BCUT2D eigenvalue weighted by Crippen LogP contribution is 2.49. The Balaban J connectivity index is 0.836. The fraction of sp³-hybridized carbons (Fsp3) is 0.147. The second-order valence-electron chi connectivity index (χ2n) is 21.9. The van der Waals surface area contributed by atoms with Crippen LogP contribution in [0.25, 0.3) is 78.4 Å². The standard InChI is InChI=1S/C75H62N4/c1-4-5-21-57(62-37-39-69-75(51(62)3)67-48-54(32-38-68(67)76-69)56-35-42-74-66(47-56)63-27-15-10-16-29-71(63)79(74)61-26-19-20-50(2)31-36-61)43-52-44-58-45-53(33-40-70(58)77(49-52)59-22-11-7-6-8-12-23-59)55-34-41-73-65(46-55)64-28-17-18-30-72(64)78(73)60-24-13-9-14-25-60/h1,7-15,17-22,24-30,32-40,42-43,45-48,73,76H,5-6,16,23,31,41,44,49H2,2-3H3/b11-7-,12-8?,52-43-,57-21+,59-22+. The highest BCUT2D eigenvalue weighted by Gasteiger charge is 2.36. The van der Waals surface area contributed by atoms with Crippen LogP contribution in [0.5, 0.6) is 0 Å². The van der Waals surface area contributed by atoms with Crippen LogP contribution in [-0.2, 0) is 6.42 Å². The predicted octanol–water partition coefficient (Wildman–Crippen LogP) is 17.1. The van der Waals surface area contributed by atoms with Crippen LogP contribution >= 0.6 is 0 Å². The molecule has 4 aliphatic carbocycles. The van der Waals surface area contributed by atoms with Crippen molar-refractivity contribution in [3.8, 4) is 23.5 Å². The molecule has 4 heterocycles. The van der Waals surface area contributed by atoms with Crippen LogP contribution in [0.1, 0.15) is 73.3 Å². The molecule has 79 heavy (non-hydrogen) atoms. The summed E-state index contributed by atoms with van der Waals surface area (Å²) in [4.78, 5) is 8.88. The van der Waals surface area contributed by atoms with Crippen molar-refractivity contribution in [1.29, 1.82) is 0 Å². The summed E-state index contributed by atoms with van der Waals surface area (Å²) in [5.41, 5.74) is 25.1. The fourth-order valence-corrected chi connectivity index (χ4v) is 13.2. The van der Waals surface area contributed by atoms with Gasteiger partial charge in [0.15, 0.2) is 0 Å². The van der Waals surface area contributed by atoms with E-state index in [9.17, 15) is 0 Å². The maximum atomic E-state index is 6.09. The highest BCUT2D eigenvalue weighted by molar-refractivity contribution is 6.12. The van der Waals surface area contributed by atoms with Gasteiger partial charge < -0.3 is 19.4 Å². The Bertz CT molecular complexity index is 4400. The number of terminal acetylenes is 1. The summed E-state index contributed by atoms with van der Waals surface area (Å²) in [6, 6.07) is 45.8. The van der Waals surface area contributed by atoms with Gasteiger partial charge in [0, 0.05) is 85.8 Å². The van der Waals surface area contributed by atoms with E-state index in [1.165, 1.54) is 128 Å². The summed E-state index contributed by atoms with van der Waals surface area (Å²) in [5.74, 6) is 2.96. The van der Waals surface area contributed by atoms with Gasteiger partial charge in [-0.25, -0.2) is 0 Å². The van der Waals surface area contributed by atoms with Crippen LogP contribution in [-0.4, -0.2) is 22.1 Å². The van der Waals surface area contributed by atoms with E-state index in [-0.39, 0.29) is 6.04 Å². The normalized spacial score (nSPS) is 19.3. The molecule has 0 radical (unpaired) electrons. The molecule has 0 fully saturated rings. The first kappa shape index (κ1) is 48.1. The van der Waals surface area contributed by atoms with Crippen molar-refractivity contribution in [2.24, 2.45) is 0 Å². The predicted molar refractivity (Wildman–Crippen MR) is 337 cm³/mol. The number of H-pyrrole nitrogens is 1. The lowest BCUT2D eigenvalue weighted by Gasteiger charge is -2.35. The Morgan fingerprint density at radius 1 is 0.722 bits per heavy atom. The van der Waals surface area contributed by atoms with Gasteiger partial charge >= 0.3 is 0 Å². The zero-order valence-corrected chi connectivity index (χ0v) is 45.0. The largest absolute Gasteiger partial charge is 0.355 e. The molecule has 1 N–H and O–H groups in total. The summed E-state index contributed by atoms with van der Waals surface area (Å²) in [5, 5.41) is 6.26. The first-order valence-electron chi connectivity index (χ1n) is 28.2. The van der Waals surface area contributed by atoms with Gasteiger partial charge in [0.25, 0.3) is 0 Å². The molecule has 0 saturated carbocycles. The van der Waals surface area contributed by atoms with Gasteiger partial charge in [-0.15, -0.1) is 12.3 Å². The molecule has 1 unspecified atom stereocenters. The third kappa shape index (κ3) is 8.68. The third-order valence-corrected chi connectivity index (χ3v) is 17.0. The molecule has 8 aromatic rings.